The lowest BCUT2D eigenvalue weighted by atomic mass is 10.00. The minimum atomic E-state index is -1.55. The lowest BCUT2D eigenvalue weighted by Gasteiger charge is -2.26. The fourth-order valence-corrected chi connectivity index (χ4v) is 3.91. The van der Waals surface area contributed by atoms with E-state index in [0.29, 0.717) is 0 Å². The quantitative estimate of drug-likeness (QED) is 0.148. The smallest absolute Gasteiger partial charge is 0.326 e. The number of primary amides is 1. The SMILES string of the molecule is CC(C)CC(NC(=O)C(Cc1c[nH]c2ccccc12)NC(=O)C(N)CS)C(=O)NC(CC(N)=O)C(=O)O. The van der Waals surface area contributed by atoms with Crippen molar-refractivity contribution in [3.63, 3.8) is 0 Å². The van der Waals surface area contributed by atoms with Gasteiger partial charge < -0.3 is 37.5 Å². The van der Waals surface area contributed by atoms with Crippen molar-refractivity contribution in [2.75, 3.05) is 5.75 Å². The van der Waals surface area contributed by atoms with Crippen molar-refractivity contribution in [2.45, 2.75) is 57.3 Å². The number of hydrogen-bond acceptors (Lipinski definition) is 7. The zero-order chi connectivity index (χ0) is 27.7. The fourth-order valence-electron chi connectivity index (χ4n) is 3.74. The molecule has 0 fully saturated rings. The molecule has 1 aromatic carbocycles. The van der Waals surface area contributed by atoms with Gasteiger partial charge >= 0.3 is 5.97 Å². The Morgan fingerprint density at radius 3 is 2.16 bits per heavy atom. The van der Waals surface area contributed by atoms with Crippen LogP contribution in [0.2, 0.25) is 0 Å². The standard InChI is InChI=1S/C24H34N6O6S/c1-12(2)7-17(22(33)30-19(24(35)36)9-20(26)31)29-23(34)18(28-21(32)15(25)11-37)8-13-10-27-16-6-4-3-5-14(13)16/h3-6,10,12,15,17-19,27,37H,7-9,11,25H2,1-2H3,(H2,26,31)(H,28,32)(H,29,34)(H,30,33)(H,35,36). The monoisotopic (exact) mass is 534 g/mol. The number of H-pyrrole nitrogens is 1. The van der Waals surface area contributed by atoms with Gasteiger partial charge in [-0.2, -0.15) is 12.6 Å². The van der Waals surface area contributed by atoms with E-state index in [-0.39, 0.29) is 24.5 Å². The molecule has 0 aliphatic heterocycles. The number of carboxylic acid groups (broad SMARTS) is 1. The predicted octanol–water partition coefficient (Wildman–Crippen LogP) is -0.572. The lowest BCUT2D eigenvalue weighted by Crippen LogP contribution is -2.58. The summed E-state index contributed by atoms with van der Waals surface area (Å²) in [6.07, 6.45) is 1.39. The average Bonchev–Trinajstić information content (AvgIpc) is 3.24. The summed E-state index contributed by atoms with van der Waals surface area (Å²) in [6.45, 7) is 3.64. The van der Waals surface area contributed by atoms with E-state index in [2.05, 4.69) is 33.6 Å². The number of hydrogen-bond donors (Lipinski definition) is 8. The van der Waals surface area contributed by atoms with E-state index in [1.165, 1.54) is 0 Å². The zero-order valence-corrected chi connectivity index (χ0v) is 21.6. The molecule has 9 N–H and O–H groups in total. The number of carbonyl (C=O) groups is 5. The Bertz CT molecular complexity index is 1140. The van der Waals surface area contributed by atoms with Crippen molar-refractivity contribution >= 4 is 53.1 Å². The second-order valence-corrected chi connectivity index (χ2v) is 9.54. The number of nitrogens with one attached hydrogen (secondary N) is 4. The van der Waals surface area contributed by atoms with Gasteiger partial charge in [0.15, 0.2) is 0 Å². The number of amides is 4. The first kappa shape index (κ1) is 29.6. The first-order chi connectivity index (χ1) is 17.4. The molecule has 4 atom stereocenters. The largest absolute Gasteiger partial charge is 0.480 e. The maximum absolute atomic E-state index is 13.4. The van der Waals surface area contributed by atoms with Gasteiger partial charge in [-0.05, 0) is 24.0 Å². The Hall–Kier alpha value is -3.58. The third kappa shape index (κ3) is 8.79. The third-order valence-electron chi connectivity index (χ3n) is 5.63. The molecule has 4 amide bonds. The van der Waals surface area contributed by atoms with E-state index in [1.807, 2.05) is 38.1 Å². The van der Waals surface area contributed by atoms with E-state index < -0.39 is 60.2 Å². The van der Waals surface area contributed by atoms with Crippen molar-refractivity contribution in [1.29, 1.82) is 0 Å². The summed E-state index contributed by atoms with van der Waals surface area (Å²) >= 11 is 4.03. The van der Waals surface area contributed by atoms with Crippen LogP contribution in [-0.2, 0) is 30.4 Å². The summed E-state index contributed by atoms with van der Waals surface area (Å²) in [5, 5.41) is 17.7. The van der Waals surface area contributed by atoms with E-state index in [1.54, 1.807) is 6.20 Å². The number of fused-ring (bicyclic) bond motifs is 1. The lowest BCUT2D eigenvalue weighted by molar-refractivity contribution is -0.143. The highest BCUT2D eigenvalue weighted by atomic mass is 32.1. The molecule has 0 saturated carbocycles. The number of nitrogens with two attached hydrogens (primary N) is 2. The van der Waals surface area contributed by atoms with E-state index >= 15 is 0 Å². The number of para-hydroxylation sites is 1. The minimum absolute atomic E-state index is 0.0576. The topological polar surface area (TPSA) is 210 Å². The number of rotatable bonds is 14. The summed E-state index contributed by atoms with van der Waals surface area (Å²) in [5.41, 5.74) is 12.5. The zero-order valence-electron chi connectivity index (χ0n) is 20.7. The maximum atomic E-state index is 13.4. The molecule has 0 saturated heterocycles. The van der Waals surface area contributed by atoms with Crippen LogP contribution >= 0.6 is 12.6 Å². The van der Waals surface area contributed by atoms with E-state index in [0.717, 1.165) is 16.5 Å². The van der Waals surface area contributed by atoms with Gasteiger partial charge in [0, 0.05) is 29.3 Å². The number of aromatic amines is 1. The average molecular weight is 535 g/mol. The van der Waals surface area contributed by atoms with E-state index in [4.69, 9.17) is 11.5 Å². The molecule has 2 aromatic rings. The van der Waals surface area contributed by atoms with Crippen LogP contribution in [0, 0.1) is 5.92 Å². The normalized spacial score (nSPS) is 14.4. The Morgan fingerprint density at radius 1 is 0.973 bits per heavy atom. The Balaban J connectivity index is 2.29. The molecular formula is C24H34N6O6S. The third-order valence-corrected chi connectivity index (χ3v) is 6.02. The molecule has 0 spiro atoms. The highest BCUT2D eigenvalue weighted by molar-refractivity contribution is 7.80. The van der Waals surface area contributed by atoms with Crippen LogP contribution < -0.4 is 27.4 Å². The van der Waals surface area contributed by atoms with Crippen LogP contribution in [0.4, 0.5) is 0 Å². The first-order valence-electron chi connectivity index (χ1n) is 11.8. The molecule has 1 aromatic heterocycles. The summed E-state index contributed by atoms with van der Waals surface area (Å²) in [6, 6.07) is 2.71. The van der Waals surface area contributed by atoms with Crippen LogP contribution in [0.25, 0.3) is 10.9 Å². The van der Waals surface area contributed by atoms with Gasteiger partial charge in [-0.15, -0.1) is 0 Å². The van der Waals surface area contributed by atoms with Crippen LogP contribution in [0.5, 0.6) is 0 Å². The molecule has 202 valence electrons. The van der Waals surface area contributed by atoms with Crippen molar-refractivity contribution in [3.8, 4) is 0 Å². The number of carboxylic acids is 1. The van der Waals surface area contributed by atoms with Gasteiger partial charge in [0.1, 0.15) is 18.1 Å². The molecular weight excluding hydrogens is 500 g/mol. The van der Waals surface area contributed by atoms with Gasteiger partial charge in [-0.3, -0.25) is 19.2 Å². The molecule has 0 radical (unpaired) electrons. The van der Waals surface area contributed by atoms with Crippen LogP contribution in [0.3, 0.4) is 0 Å². The molecule has 13 heteroatoms. The van der Waals surface area contributed by atoms with Gasteiger partial charge in [-0.25, -0.2) is 4.79 Å². The Kier molecular flexibility index (Phi) is 10.9. The summed E-state index contributed by atoms with van der Waals surface area (Å²) in [7, 11) is 0. The van der Waals surface area contributed by atoms with Crippen LogP contribution in [0.15, 0.2) is 30.5 Å². The van der Waals surface area contributed by atoms with Gasteiger partial charge in [0.2, 0.25) is 23.6 Å². The Morgan fingerprint density at radius 2 is 1.57 bits per heavy atom. The number of thiol groups is 1. The predicted molar refractivity (Wildman–Crippen MR) is 141 cm³/mol. The van der Waals surface area contributed by atoms with Crippen LogP contribution in [0.1, 0.15) is 32.3 Å². The van der Waals surface area contributed by atoms with Gasteiger partial charge in [0.05, 0.1) is 12.5 Å². The number of benzene rings is 1. The van der Waals surface area contributed by atoms with Crippen LogP contribution in [-0.4, -0.2) is 69.6 Å². The highest BCUT2D eigenvalue weighted by Crippen LogP contribution is 2.19. The minimum Gasteiger partial charge on any atom is -0.480 e. The maximum Gasteiger partial charge on any atom is 0.326 e. The highest BCUT2D eigenvalue weighted by Gasteiger charge is 2.31. The summed E-state index contributed by atoms with van der Waals surface area (Å²) < 4.78 is 0. The van der Waals surface area contributed by atoms with Crippen molar-refractivity contribution in [3.05, 3.63) is 36.0 Å². The van der Waals surface area contributed by atoms with Crippen molar-refractivity contribution < 1.29 is 29.1 Å². The first-order valence-corrected chi connectivity index (χ1v) is 12.4. The Labute approximate surface area is 219 Å². The number of aromatic nitrogens is 1. The fraction of sp³-hybridized carbons (Fsp3) is 0.458. The summed E-state index contributed by atoms with van der Waals surface area (Å²) in [4.78, 5) is 64.7. The molecule has 12 nitrogen and oxygen atoms in total. The molecule has 0 aliphatic carbocycles. The molecule has 0 bridgehead atoms. The summed E-state index contributed by atoms with van der Waals surface area (Å²) in [5.74, 6) is -4.39. The van der Waals surface area contributed by atoms with Crippen molar-refractivity contribution in [1.82, 2.24) is 20.9 Å². The second-order valence-electron chi connectivity index (χ2n) is 9.17. The van der Waals surface area contributed by atoms with Gasteiger partial charge in [0.25, 0.3) is 0 Å². The number of carbonyl (C=O) groups excluding carboxylic acids is 4. The molecule has 1 heterocycles. The molecule has 37 heavy (non-hydrogen) atoms. The number of aliphatic carboxylic acids is 1. The van der Waals surface area contributed by atoms with Gasteiger partial charge in [-0.1, -0.05) is 32.0 Å². The second kappa shape index (κ2) is 13.7. The van der Waals surface area contributed by atoms with E-state index in [9.17, 15) is 29.1 Å². The molecule has 2 rings (SSSR count). The molecule has 4 unspecified atom stereocenters. The van der Waals surface area contributed by atoms with Crippen molar-refractivity contribution in [2.24, 2.45) is 17.4 Å². The molecule has 0 aliphatic rings.